The normalized spacial score (nSPS) is 22.7. The van der Waals surface area contributed by atoms with Crippen LogP contribution in [-0.2, 0) is 11.3 Å². The highest BCUT2D eigenvalue weighted by atomic mass is 16.4. The first-order valence-corrected chi connectivity index (χ1v) is 6.08. The Labute approximate surface area is 104 Å². The molecular weight excluding hydrogens is 234 g/mol. The molecule has 1 aliphatic heterocycles. The zero-order chi connectivity index (χ0) is 12.9. The number of hydrogen-bond acceptors (Lipinski definition) is 2. The van der Waals surface area contributed by atoms with Gasteiger partial charge in [0.2, 0.25) is 5.91 Å². The number of primary amides is 1. The van der Waals surface area contributed by atoms with Crippen molar-refractivity contribution in [2.75, 3.05) is 6.54 Å². The molecule has 18 heavy (non-hydrogen) atoms. The van der Waals surface area contributed by atoms with E-state index in [1.54, 1.807) is 0 Å². The average molecular weight is 249 g/mol. The van der Waals surface area contributed by atoms with Crippen LogP contribution in [0.15, 0.2) is 12.1 Å². The van der Waals surface area contributed by atoms with Crippen molar-refractivity contribution < 1.29 is 14.7 Å². The highest BCUT2D eigenvalue weighted by molar-refractivity contribution is 5.85. The predicted molar refractivity (Wildman–Crippen MR) is 63.1 cm³/mol. The van der Waals surface area contributed by atoms with Gasteiger partial charge < -0.3 is 15.4 Å². The van der Waals surface area contributed by atoms with Gasteiger partial charge in [-0.05, 0) is 30.9 Å². The monoisotopic (exact) mass is 249 g/mol. The second-order valence-corrected chi connectivity index (χ2v) is 4.89. The molecule has 1 unspecified atom stereocenters. The molecule has 96 valence electrons. The standard InChI is InChI=1S/C12H15N3O3/c13-11(16)10-9-4-3-8(7-1-2-7)14(9)5-6-15(10)12(17)18/h3-4,7,10H,1-2,5-6H2,(H2,13,16)(H,17,18). The van der Waals surface area contributed by atoms with E-state index in [-0.39, 0.29) is 0 Å². The smallest absolute Gasteiger partial charge is 0.408 e. The molecule has 0 bridgehead atoms. The van der Waals surface area contributed by atoms with Crippen molar-refractivity contribution in [3.05, 3.63) is 23.5 Å². The number of hydrogen-bond donors (Lipinski definition) is 2. The van der Waals surface area contributed by atoms with Crippen LogP contribution in [0.1, 0.15) is 36.2 Å². The zero-order valence-electron chi connectivity index (χ0n) is 9.87. The average Bonchev–Trinajstić information content (AvgIpc) is 3.07. The van der Waals surface area contributed by atoms with Crippen LogP contribution in [0.4, 0.5) is 4.79 Å². The Morgan fingerprint density at radius 3 is 2.44 bits per heavy atom. The summed E-state index contributed by atoms with van der Waals surface area (Å²) < 4.78 is 2.06. The molecule has 0 spiro atoms. The topological polar surface area (TPSA) is 88.6 Å². The molecule has 0 aromatic carbocycles. The molecule has 1 atom stereocenters. The number of fused-ring (bicyclic) bond motifs is 1. The van der Waals surface area contributed by atoms with E-state index in [1.807, 2.05) is 12.1 Å². The highest BCUT2D eigenvalue weighted by Gasteiger charge is 2.38. The van der Waals surface area contributed by atoms with Gasteiger partial charge in [0.25, 0.3) is 0 Å². The third-order valence-electron chi connectivity index (χ3n) is 3.72. The summed E-state index contributed by atoms with van der Waals surface area (Å²) in [5, 5.41) is 9.12. The summed E-state index contributed by atoms with van der Waals surface area (Å²) in [5.41, 5.74) is 7.27. The van der Waals surface area contributed by atoms with Gasteiger partial charge in [-0.25, -0.2) is 4.79 Å². The van der Waals surface area contributed by atoms with Crippen LogP contribution in [0.2, 0.25) is 0 Å². The maximum atomic E-state index is 11.5. The van der Waals surface area contributed by atoms with E-state index < -0.39 is 18.0 Å². The first-order chi connectivity index (χ1) is 8.59. The van der Waals surface area contributed by atoms with Crippen molar-refractivity contribution >= 4 is 12.0 Å². The Hall–Kier alpha value is -1.98. The van der Waals surface area contributed by atoms with Gasteiger partial charge in [-0.15, -0.1) is 0 Å². The molecule has 2 amide bonds. The van der Waals surface area contributed by atoms with Crippen molar-refractivity contribution in [1.82, 2.24) is 9.47 Å². The van der Waals surface area contributed by atoms with Crippen molar-refractivity contribution in [3.63, 3.8) is 0 Å². The molecule has 6 nitrogen and oxygen atoms in total. The SMILES string of the molecule is NC(=O)C1c2ccc(C3CC3)n2CCN1C(=O)O. The minimum absolute atomic E-state index is 0.310. The maximum Gasteiger partial charge on any atom is 0.408 e. The van der Waals surface area contributed by atoms with Gasteiger partial charge in [0, 0.05) is 18.8 Å². The largest absolute Gasteiger partial charge is 0.465 e. The zero-order valence-corrected chi connectivity index (χ0v) is 9.87. The fourth-order valence-corrected chi connectivity index (χ4v) is 2.73. The number of aromatic nitrogens is 1. The van der Waals surface area contributed by atoms with Gasteiger partial charge in [-0.2, -0.15) is 0 Å². The number of carbonyl (C=O) groups is 2. The summed E-state index contributed by atoms with van der Waals surface area (Å²) in [6, 6.07) is 2.97. The van der Waals surface area contributed by atoms with Gasteiger partial charge in [-0.1, -0.05) is 0 Å². The summed E-state index contributed by atoms with van der Waals surface area (Å²) in [7, 11) is 0. The summed E-state index contributed by atoms with van der Waals surface area (Å²) >= 11 is 0. The summed E-state index contributed by atoms with van der Waals surface area (Å²) in [6.45, 7) is 0.911. The molecule has 2 aliphatic rings. The van der Waals surface area contributed by atoms with Crippen LogP contribution in [0, 0.1) is 0 Å². The fourth-order valence-electron chi connectivity index (χ4n) is 2.73. The van der Waals surface area contributed by atoms with E-state index >= 15 is 0 Å². The second kappa shape index (κ2) is 3.76. The lowest BCUT2D eigenvalue weighted by Gasteiger charge is -2.33. The van der Waals surface area contributed by atoms with Crippen LogP contribution >= 0.6 is 0 Å². The summed E-state index contributed by atoms with van der Waals surface area (Å²) in [6.07, 6.45) is 1.25. The number of rotatable bonds is 2. The molecule has 1 fully saturated rings. The van der Waals surface area contributed by atoms with Crippen LogP contribution in [-0.4, -0.2) is 33.1 Å². The van der Waals surface area contributed by atoms with E-state index in [0.29, 0.717) is 24.7 Å². The van der Waals surface area contributed by atoms with E-state index in [9.17, 15) is 9.59 Å². The Bertz CT molecular complexity index is 519. The van der Waals surface area contributed by atoms with Crippen LogP contribution < -0.4 is 5.73 Å². The molecule has 1 saturated carbocycles. The minimum atomic E-state index is -1.10. The van der Waals surface area contributed by atoms with E-state index in [1.165, 1.54) is 18.5 Å². The fraction of sp³-hybridized carbons (Fsp3) is 0.500. The third-order valence-corrected chi connectivity index (χ3v) is 3.72. The van der Waals surface area contributed by atoms with Gasteiger partial charge >= 0.3 is 6.09 Å². The Kier molecular flexibility index (Phi) is 2.33. The molecule has 1 aromatic heterocycles. The van der Waals surface area contributed by atoms with Gasteiger partial charge in [0.1, 0.15) is 0 Å². The lowest BCUT2D eigenvalue weighted by atomic mass is 10.1. The van der Waals surface area contributed by atoms with Crippen LogP contribution in [0.5, 0.6) is 0 Å². The molecule has 3 rings (SSSR count). The molecule has 6 heteroatoms. The minimum Gasteiger partial charge on any atom is -0.465 e. The summed E-state index contributed by atoms with van der Waals surface area (Å²) in [4.78, 5) is 23.8. The van der Waals surface area contributed by atoms with Gasteiger partial charge in [-0.3, -0.25) is 9.69 Å². The first kappa shape index (κ1) is 11.1. The number of carboxylic acid groups (broad SMARTS) is 1. The first-order valence-electron chi connectivity index (χ1n) is 6.08. The second-order valence-electron chi connectivity index (χ2n) is 4.89. The van der Waals surface area contributed by atoms with Crippen molar-refractivity contribution in [1.29, 1.82) is 0 Å². The Morgan fingerprint density at radius 2 is 1.89 bits per heavy atom. The van der Waals surface area contributed by atoms with Crippen molar-refractivity contribution in [3.8, 4) is 0 Å². The lowest BCUT2D eigenvalue weighted by molar-refractivity contribution is -0.123. The van der Waals surface area contributed by atoms with Gasteiger partial charge in [0.05, 0.1) is 5.69 Å². The van der Waals surface area contributed by atoms with Crippen molar-refractivity contribution in [2.45, 2.75) is 31.3 Å². The molecule has 3 N–H and O–H groups in total. The summed E-state index contributed by atoms with van der Waals surface area (Å²) in [5.74, 6) is -0.0394. The van der Waals surface area contributed by atoms with E-state index in [0.717, 1.165) is 4.90 Å². The quantitative estimate of drug-likeness (QED) is 0.815. The number of nitrogens with two attached hydrogens (primary N) is 1. The van der Waals surface area contributed by atoms with Crippen LogP contribution in [0.3, 0.4) is 0 Å². The molecule has 1 aromatic rings. The Morgan fingerprint density at radius 1 is 1.22 bits per heavy atom. The molecule has 2 heterocycles. The van der Waals surface area contributed by atoms with Crippen LogP contribution in [0.25, 0.3) is 0 Å². The van der Waals surface area contributed by atoms with Gasteiger partial charge in [0.15, 0.2) is 6.04 Å². The molecular formula is C12H15N3O3. The van der Waals surface area contributed by atoms with Crippen molar-refractivity contribution in [2.24, 2.45) is 5.73 Å². The predicted octanol–water partition coefficient (Wildman–Crippen LogP) is 0.885. The number of amides is 2. The highest BCUT2D eigenvalue weighted by Crippen LogP contribution is 2.42. The van der Waals surface area contributed by atoms with E-state index in [4.69, 9.17) is 10.8 Å². The van der Waals surface area contributed by atoms with E-state index in [2.05, 4.69) is 4.57 Å². The molecule has 0 saturated heterocycles. The number of nitrogens with zero attached hydrogens (tertiary/aromatic N) is 2. The molecule has 0 radical (unpaired) electrons. The molecule has 1 aliphatic carbocycles. The Balaban J connectivity index is 2.03. The maximum absolute atomic E-state index is 11.5. The number of carbonyl (C=O) groups excluding carboxylic acids is 1. The third kappa shape index (κ3) is 1.56. The lowest BCUT2D eigenvalue weighted by Crippen LogP contribution is -2.46.